The van der Waals surface area contributed by atoms with E-state index in [0.717, 1.165) is 13.1 Å². The van der Waals surface area contributed by atoms with Crippen LogP contribution in [0.25, 0.3) is 0 Å². The zero-order chi connectivity index (χ0) is 6.81. The van der Waals surface area contributed by atoms with E-state index in [1.165, 1.54) is 12.8 Å². The second-order valence-electron chi connectivity index (χ2n) is 2.62. The normalized spacial score (nSPS) is 16.4. The van der Waals surface area contributed by atoms with Gasteiger partial charge in [-0.15, -0.1) is 28.3 Å². The van der Waals surface area contributed by atoms with Crippen molar-refractivity contribution in [1.82, 2.24) is 5.32 Å². The number of hydrogen-bond donors (Lipinski definition) is 1. The Morgan fingerprint density at radius 3 is 3.00 bits per heavy atom. The molecule has 62 valence electrons. The summed E-state index contributed by atoms with van der Waals surface area (Å²) in [5.74, 6) is 0. The van der Waals surface area contributed by atoms with E-state index in [2.05, 4.69) is 16.8 Å². The smallest absolute Gasteiger partial charge is 0.00903 e. The van der Waals surface area contributed by atoms with Gasteiger partial charge in [-0.05, 0) is 42.9 Å². The molecule has 0 bridgehead atoms. The summed E-state index contributed by atoms with van der Waals surface area (Å²) >= 11 is 1.90. The molecule has 11 heavy (non-hydrogen) atoms. The van der Waals surface area contributed by atoms with Crippen molar-refractivity contribution in [1.29, 1.82) is 0 Å². The van der Waals surface area contributed by atoms with Crippen molar-refractivity contribution >= 4 is 28.3 Å². The Morgan fingerprint density at radius 1 is 1.27 bits per heavy atom. The van der Waals surface area contributed by atoms with Crippen molar-refractivity contribution < 1.29 is 0 Å². The first-order valence-corrected chi connectivity index (χ1v) is 4.61. The molecule has 0 fully saturated rings. The average Bonchev–Trinajstić information content (AvgIpc) is 2.28. The molecule has 1 aromatic rings. The molecular weight excluding hydrogens is 222 g/mol. The fourth-order valence-electron chi connectivity index (χ4n) is 1.36. The minimum atomic E-state index is 0. The SMILES string of the molecule is Br.c1cc2c(s1)CCNCC2. The molecule has 2 heterocycles. The zero-order valence-corrected chi connectivity index (χ0v) is 8.83. The maximum Gasteiger partial charge on any atom is 0.00903 e. The lowest BCUT2D eigenvalue weighted by Gasteiger charge is -1.93. The third-order valence-corrected chi connectivity index (χ3v) is 2.96. The number of fused-ring (bicyclic) bond motifs is 1. The Balaban J connectivity index is 0.000000605. The summed E-state index contributed by atoms with van der Waals surface area (Å²) in [6.45, 7) is 2.32. The lowest BCUT2D eigenvalue weighted by atomic mass is 10.2. The van der Waals surface area contributed by atoms with Crippen LogP contribution in [0.2, 0.25) is 0 Å². The maximum absolute atomic E-state index is 3.39. The van der Waals surface area contributed by atoms with Gasteiger partial charge in [-0.3, -0.25) is 0 Å². The van der Waals surface area contributed by atoms with E-state index >= 15 is 0 Å². The first-order chi connectivity index (χ1) is 4.97. The highest BCUT2D eigenvalue weighted by molar-refractivity contribution is 8.93. The maximum atomic E-state index is 3.39. The molecular formula is C8H12BrNS. The van der Waals surface area contributed by atoms with Gasteiger partial charge in [-0.2, -0.15) is 0 Å². The van der Waals surface area contributed by atoms with E-state index in [1.807, 2.05) is 11.3 Å². The highest BCUT2D eigenvalue weighted by Crippen LogP contribution is 2.18. The second-order valence-corrected chi connectivity index (χ2v) is 3.62. The number of hydrogen-bond acceptors (Lipinski definition) is 2. The molecule has 0 saturated heterocycles. The molecule has 0 radical (unpaired) electrons. The summed E-state index contributed by atoms with van der Waals surface area (Å²) < 4.78 is 0. The molecule has 1 nitrogen and oxygen atoms in total. The molecule has 1 aliphatic heterocycles. The fraction of sp³-hybridized carbons (Fsp3) is 0.500. The van der Waals surface area contributed by atoms with Crippen molar-refractivity contribution in [3.8, 4) is 0 Å². The van der Waals surface area contributed by atoms with Gasteiger partial charge in [0.15, 0.2) is 0 Å². The third kappa shape index (κ3) is 2.04. The summed E-state index contributed by atoms with van der Waals surface area (Å²) in [4.78, 5) is 1.59. The van der Waals surface area contributed by atoms with E-state index in [1.54, 1.807) is 10.4 Å². The molecule has 0 amide bonds. The molecule has 0 aliphatic carbocycles. The summed E-state index contributed by atoms with van der Waals surface area (Å²) in [7, 11) is 0. The van der Waals surface area contributed by atoms with E-state index < -0.39 is 0 Å². The number of rotatable bonds is 0. The van der Waals surface area contributed by atoms with Crippen LogP contribution in [-0.2, 0) is 12.8 Å². The minimum absolute atomic E-state index is 0. The topological polar surface area (TPSA) is 12.0 Å². The van der Waals surface area contributed by atoms with E-state index in [0.29, 0.717) is 0 Å². The van der Waals surface area contributed by atoms with E-state index in [4.69, 9.17) is 0 Å². The Kier molecular flexibility index (Phi) is 3.55. The van der Waals surface area contributed by atoms with Crippen LogP contribution < -0.4 is 5.32 Å². The molecule has 1 N–H and O–H groups in total. The lowest BCUT2D eigenvalue weighted by Crippen LogP contribution is -2.16. The van der Waals surface area contributed by atoms with Crippen molar-refractivity contribution in [2.24, 2.45) is 0 Å². The van der Waals surface area contributed by atoms with Gasteiger partial charge in [0.25, 0.3) is 0 Å². The molecule has 0 aromatic carbocycles. The molecule has 0 saturated carbocycles. The van der Waals surface area contributed by atoms with Crippen LogP contribution in [0.15, 0.2) is 11.4 Å². The van der Waals surface area contributed by atoms with Crippen molar-refractivity contribution in [3.63, 3.8) is 0 Å². The highest BCUT2D eigenvalue weighted by Gasteiger charge is 2.06. The van der Waals surface area contributed by atoms with Crippen LogP contribution in [0.3, 0.4) is 0 Å². The Bertz CT molecular complexity index is 201. The first kappa shape index (κ1) is 9.23. The standard InChI is InChI=1S/C8H11NS.BrH/c1-4-9-5-2-8-7(1)3-6-10-8;/h3,6,9H,1-2,4-5H2;1H. The molecule has 0 spiro atoms. The van der Waals surface area contributed by atoms with Gasteiger partial charge in [-0.25, -0.2) is 0 Å². The highest BCUT2D eigenvalue weighted by atomic mass is 79.9. The van der Waals surface area contributed by atoms with Crippen LogP contribution in [0, 0.1) is 0 Å². The van der Waals surface area contributed by atoms with Crippen LogP contribution >= 0.6 is 28.3 Å². The predicted molar refractivity (Wildman–Crippen MR) is 54.9 cm³/mol. The zero-order valence-electron chi connectivity index (χ0n) is 6.30. The summed E-state index contributed by atoms with van der Waals surface area (Å²) in [6.07, 6.45) is 2.45. The Labute approximate surface area is 81.6 Å². The van der Waals surface area contributed by atoms with Gasteiger partial charge in [0, 0.05) is 4.88 Å². The first-order valence-electron chi connectivity index (χ1n) is 3.73. The van der Waals surface area contributed by atoms with Gasteiger partial charge < -0.3 is 5.32 Å². The summed E-state index contributed by atoms with van der Waals surface area (Å²) in [5, 5.41) is 5.59. The van der Waals surface area contributed by atoms with Crippen molar-refractivity contribution in [2.45, 2.75) is 12.8 Å². The summed E-state index contributed by atoms with van der Waals surface area (Å²) in [5.41, 5.74) is 1.56. The molecule has 1 aliphatic rings. The van der Waals surface area contributed by atoms with E-state index in [9.17, 15) is 0 Å². The number of halogens is 1. The van der Waals surface area contributed by atoms with Crippen LogP contribution in [0.5, 0.6) is 0 Å². The average molecular weight is 234 g/mol. The van der Waals surface area contributed by atoms with Gasteiger partial charge >= 0.3 is 0 Å². The van der Waals surface area contributed by atoms with Crippen LogP contribution in [0.1, 0.15) is 10.4 Å². The monoisotopic (exact) mass is 233 g/mol. The van der Waals surface area contributed by atoms with Gasteiger partial charge in [0.1, 0.15) is 0 Å². The minimum Gasteiger partial charge on any atom is -0.316 e. The summed E-state index contributed by atoms with van der Waals surface area (Å²) in [6, 6.07) is 2.26. The third-order valence-electron chi connectivity index (χ3n) is 1.94. The fourth-order valence-corrected chi connectivity index (χ4v) is 2.30. The predicted octanol–water partition coefficient (Wildman–Crippen LogP) is 2.01. The molecule has 0 atom stereocenters. The van der Waals surface area contributed by atoms with Gasteiger partial charge in [-0.1, -0.05) is 0 Å². The molecule has 2 rings (SSSR count). The second kappa shape index (κ2) is 4.24. The number of nitrogens with one attached hydrogen (secondary N) is 1. The molecule has 3 heteroatoms. The molecule has 0 unspecified atom stereocenters. The van der Waals surface area contributed by atoms with Crippen molar-refractivity contribution in [3.05, 3.63) is 21.9 Å². The van der Waals surface area contributed by atoms with Crippen LogP contribution in [0.4, 0.5) is 0 Å². The van der Waals surface area contributed by atoms with Gasteiger partial charge in [0.2, 0.25) is 0 Å². The Morgan fingerprint density at radius 2 is 2.09 bits per heavy atom. The quantitative estimate of drug-likeness (QED) is 0.724. The molecule has 1 aromatic heterocycles. The van der Waals surface area contributed by atoms with Crippen molar-refractivity contribution in [2.75, 3.05) is 13.1 Å². The van der Waals surface area contributed by atoms with Gasteiger partial charge in [0.05, 0.1) is 0 Å². The van der Waals surface area contributed by atoms with E-state index in [-0.39, 0.29) is 17.0 Å². The number of thiophene rings is 1. The Hall–Kier alpha value is 0.140. The lowest BCUT2D eigenvalue weighted by molar-refractivity contribution is 0.712. The largest absolute Gasteiger partial charge is 0.316 e. The van der Waals surface area contributed by atoms with Crippen LogP contribution in [-0.4, -0.2) is 13.1 Å².